The van der Waals surface area contributed by atoms with E-state index in [1.165, 1.54) is 11.1 Å². The Hall–Kier alpha value is -1.43. The van der Waals surface area contributed by atoms with Crippen LogP contribution in [0.15, 0.2) is 34.9 Å². The molecule has 2 saturated carbocycles. The third-order valence-electron chi connectivity index (χ3n) is 12.4. The number of allylic oxidation sites excluding steroid dienone is 3. The highest BCUT2D eigenvalue weighted by atomic mass is 16.7. The van der Waals surface area contributed by atoms with Gasteiger partial charge in [-0.15, -0.1) is 0 Å². The van der Waals surface area contributed by atoms with Crippen LogP contribution in [0.5, 0.6) is 0 Å². The number of fused-ring (bicyclic) bond motifs is 5. The van der Waals surface area contributed by atoms with Crippen LogP contribution in [0.2, 0.25) is 0 Å². The van der Waals surface area contributed by atoms with Gasteiger partial charge in [-0.2, -0.15) is 0 Å². The van der Waals surface area contributed by atoms with E-state index in [4.69, 9.17) is 14.2 Å². The smallest absolute Gasteiger partial charge is 0.302 e. The Labute approximate surface area is 230 Å². The molecule has 0 aromatic heterocycles. The first-order valence-corrected chi connectivity index (χ1v) is 14.8. The van der Waals surface area contributed by atoms with Crippen molar-refractivity contribution in [2.45, 2.75) is 119 Å². The number of esters is 1. The number of aliphatic hydroxyl groups is 1. The number of carbonyl (C=O) groups excluding carboxylic acids is 1. The van der Waals surface area contributed by atoms with Gasteiger partial charge in [-0.1, -0.05) is 59.8 Å². The van der Waals surface area contributed by atoms with Gasteiger partial charge < -0.3 is 19.3 Å². The Morgan fingerprint density at radius 1 is 1.11 bits per heavy atom. The van der Waals surface area contributed by atoms with E-state index < -0.39 is 0 Å². The summed E-state index contributed by atoms with van der Waals surface area (Å²) in [7, 11) is 1.71. The van der Waals surface area contributed by atoms with Gasteiger partial charge in [0.2, 0.25) is 0 Å². The monoisotopic (exact) mass is 526 g/mol. The molecule has 5 aliphatic rings. The lowest BCUT2D eigenvalue weighted by Gasteiger charge is -2.61. The highest BCUT2D eigenvalue weighted by molar-refractivity contribution is 5.66. The van der Waals surface area contributed by atoms with Crippen molar-refractivity contribution >= 4 is 5.97 Å². The van der Waals surface area contributed by atoms with E-state index in [0.717, 1.165) is 44.1 Å². The summed E-state index contributed by atoms with van der Waals surface area (Å²) in [5, 5.41) is 10.9. The first kappa shape index (κ1) is 28.1. The molecule has 5 heteroatoms. The van der Waals surface area contributed by atoms with Crippen LogP contribution in [0.3, 0.4) is 0 Å². The Bertz CT molecular complexity index is 1070. The first-order valence-electron chi connectivity index (χ1n) is 14.8. The topological polar surface area (TPSA) is 65.0 Å². The van der Waals surface area contributed by atoms with E-state index >= 15 is 0 Å². The molecule has 5 nitrogen and oxygen atoms in total. The van der Waals surface area contributed by atoms with Gasteiger partial charge in [-0.05, 0) is 96.2 Å². The second kappa shape index (κ2) is 9.31. The van der Waals surface area contributed by atoms with E-state index in [1.54, 1.807) is 14.0 Å². The van der Waals surface area contributed by atoms with Crippen molar-refractivity contribution in [3.8, 4) is 0 Å². The summed E-state index contributed by atoms with van der Waals surface area (Å²) < 4.78 is 18.3. The van der Waals surface area contributed by atoms with Gasteiger partial charge in [0.25, 0.3) is 0 Å². The Morgan fingerprint density at radius 3 is 2.47 bits per heavy atom. The van der Waals surface area contributed by atoms with E-state index in [1.807, 2.05) is 0 Å². The van der Waals surface area contributed by atoms with Gasteiger partial charge in [0.1, 0.15) is 6.10 Å². The van der Waals surface area contributed by atoms with Gasteiger partial charge in [-0.25, -0.2) is 0 Å². The molecular weight excluding hydrogens is 476 g/mol. The number of methoxy groups -OCH3 is 1. The fourth-order valence-electron chi connectivity index (χ4n) is 9.77. The molecule has 0 amide bonds. The number of ether oxygens (including phenoxy) is 3. The minimum Gasteiger partial charge on any atom is -0.462 e. The molecular formula is C33H50O5. The van der Waals surface area contributed by atoms with Crippen molar-refractivity contribution in [3.05, 3.63) is 34.9 Å². The van der Waals surface area contributed by atoms with Gasteiger partial charge in [0.05, 0.1) is 12.2 Å². The Kier molecular flexibility index (Phi) is 6.89. The van der Waals surface area contributed by atoms with Gasteiger partial charge in [0.15, 0.2) is 6.29 Å². The Balaban J connectivity index is 1.56. The minimum absolute atomic E-state index is 0.0160. The second-order valence-electron chi connectivity index (χ2n) is 14.4. The number of rotatable bonds is 4. The van der Waals surface area contributed by atoms with Crippen molar-refractivity contribution in [1.82, 2.24) is 0 Å². The van der Waals surface area contributed by atoms with Gasteiger partial charge in [-0.3, -0.25) is 4.79 Å². The number of hydrogen-bond donors (Lipinski definition) is 1. The SMILES string of the molecule is COC1OC(C(C)C2CC(OC(C)=O)C3(C)C4=CCC5C(C)(CCC(O)C5(C)C)C4=CCC23C)CC=C1C. The number of aliphatic hydroxyl groups excluding tert-OH is 1. The highest BCUT2D eigenvalue weighted by Gasteiger charge is 2.68. The minimum atomic E-state index is -0.290. The Morgan fingerprint density at radius 2 is 1.82 bits per heavy atom. The van der Waals surface area contributed by atoms with Crippen LogP contribution in [0.1, 0.15) is 93.9 Å². The predicted octanol–water partition coefficient (Wildman–Crippen LogP) is 6.76. The van der Waals surface area contributed by atoms with E-state index in [-0.39, 0.29) is 58.1 Å². The van der Waals surface area contributed by atoms with Crippen LogP contribution >= 0.6 is 0 Å². The van der Waals surface area contributed by atoms with Crippen molar-refractivity contribution in [2.24, 2.45) is 39.4 Å². The molecule has 1 heterocycles. The summed E-state index contributed by atoms with van der Waals surface area (Å²) in [6.07, 6.45) is 12.1. The van der Waals surface area contributed by atoms with Crippen LogP contribution in [-0.4, -0.2) is 42.8 Å². The third kappa shape index (κ3) is 3.78. The predicted molar refractivity (Wildman–Crippen MR) is 149 cm³/mol. The van der Waals surface area contributed by atoms with Crippen molar-refractivity contribution in [3.63, 3.8) is 0 Å². The molecule has 0 radical (unpaired) electrons. The zero-order valence-corrected chi connectivity index (χ0v) is 25.1. The molecule has 2 fully saturated rings. The number of carbonyl (C=O) groups is 1. The summed E-state index contributed by atoms with van der Waals surface area (Å²) in [5.74, 6) is 0.812. The van der Waals surface area contributed by atoms with Crippen LogP contribution < -0.4 is 0 Å². The van der Waals surface area contributed by atoms with Crippen LogP contribution in [0.25, 0.3) is 0 Å². The molecule has 0 bridgehead atoms. The zero-order valence-electron chi connectivity index (χ0n) is 25.1. The third-order valence-corrected chi connectivity index (χ3v) is 12.4. The molecule has 4 aliphatic carbocycles. The second-order valence-corrected chi connectivity index (χ2v) is 14.4. The normalized spacial score (nSPS) is 46.5. The lowest BCUT2D eigenvalue weighted by atomic mass is 9.44. The van der Waals surface area contributed by atoms with E-state index in [9.17, 15) is 9.90 Å². The molecule has 1 aliphatic heterocycles. The van der Waals surface area contributed by atoms with Crippen LogP contribution in [-0.2, 0) is 19.0 Å². The summed E-state index contributed by atoms with van der Waals surface area (Å²) in [4.78, 5) is 12.5. The van der Waals surface area contributed by atoms with Crippen LogP contribution in [0.4, 0.5) is 0 Å². The molecule has 212 valence electrons. The molecule has 5 rings (SSSR count). The summed E-state index contributed by atoms with van der Waals surface area (Å²) >= 11 is 0. The zero-order chi connectivity index (χ0) is 27.8. The molecule has 0 aromatic carbocycles. The molecule has 10 unspecified atom stereocenters. The maximum atomic E-state index is 12.5. The quantitative estimate of drug-likeness (QED) is 0.324. The standard InChI is InChI=1S/C33H50O5/c1-19-10-12-25(38-29(19)36-9)20(2)24-18-28(37-21(3)34)33(8)23-11-13-26-30(4,5)27(35)15-16-31(26,6)22(23)14-17-32(24,33)7/h10-11,14,20,24-29,35H,12-13,15-18H2,1-9H3. The van der Waals surface area contributed by atoms with Gasteiger partial charge in [0, 0.05) is 19.4 Å². The summed E-state index contributed by atoms with van der Waals surface area (Å²) in [6, 6.07) is 0. The molecule has 1 N–H and O–H groups in total. The van der Waals surface area contributed by atoms with Crippen molar-refractivity contribution in [2.75, 3.05) is 7.11 Å². The largest absolute Gasteiger partial charge is 0.462 e. The maximum Gasteiger partial charge on any atom is 0.302 e. The molecule has 38 heavy (non-hydrogen) atoms. The van der Waals surface area contributed by atoms with Crippen molar-refractivity contribution in [1.29, 1.82) is 0 Å². The summed E-state index contributed by atoms with van der Waals surface area (Å²) in [6.45, 7) is 17.7. The maximum absolute atomic E-state index is 12.5. The lowest BCUT2D eigenvalue weighted by molar-refractivity contribution is -0.163. The fraction of sp³-hybridized carbons (Fsp3) is 0.788. The lowest BCUT2D eigenvalue weighted by Crippen LogP contribution is -2.56. The highest BCUT2D eigenvalue weighted by Crippen LogP contribution is 2.72. The number of hydrogen-bond acceptors (Lipinski definition) is 5. The fourth-order valence-corrected chi connectivity index (χ4v) is 9.77. The van der Waals surface area contributed by atoms with Crippen molar-refractivity contribution < 1.29 is 24.1 Å². The van der Waals surface area contributed by atoms with Gasteiger partial charge >= 0.3 is 5.97 Å². The molecule has 0 spiro atoms. The molecule has 0 saturated heterocycles. The van der Waals surface area contributed by atoms with E-state index in [0.29, 0.717) is 11.8 Å². The van der Waals surface area contributed by atoms with E-state index in [2.05, 4.69) is 66.7 Å². The average Bonchev–Trinajstić information content (AvgIpc) is 3.08. The molecule has 0 aromatic rings. The average molecular weight is 527 g/mol. The molecule has 10 atom stereocenters. The first-order chi connectivity index (χ1) is 17.7. The van der Waals surface area contributed by atoms with Crippen LogP contribution in [0, 0.1) is 39.4 Å². The summed E-state index contributed by atoms with van der Waals surface area (Å²) in [5.41, 5.74) is 3.51.